The van der Waals surface area contributed by atoms with Crippen LogP contribution in [0.4, 0.5) is 0 Å². The van der Waals surface area contributed by atoms with E-state index in [0.29, 0.717) is 54.9 Å². The Labute approximate surface area is 286 Å². The number of sulfonamides is 1. The van der Waals surface area contributed by atoms with Crippen LogP contribution in [-0.2, 0) is 24.4 Å². The lowest BCUT2D eigenvalue weighted by Crippen LogP contribution is -2.54. The number of fused-ring (bicyclic) bond motifs is 3. The molecule has 0 bridgehead atoms. The number of allylic oxidation sites excluding steroid dienone is 1. The highest BCUT2D eigenvalue weighted by Crippen LogP contribution is 2.47. The number of aromatic nitrogens is 1. The van der Waals surface area contributed by atoms with Gasteiger partial charge in [-0.15, -0.1) is 0 Å². The Morgan fingerprint density at radius 3 is 2.57 bits per heavy atom. The predicted octanol–water partition coefficient (Wildman–Crippen LogP) is 4.37. The van der Waals surface area contributed by atoms with Crippen LogP contribution in [0.15, 0.2) is 66.7 Å². The monoisotopic (exact) mass is 686 g/mol. The molecule has 11 nitrogen and oxygen atoms in total. The van der Waals surface area contributed by atoms with Gasteiger partial charge in [0, 0.05) is 42.6 Å². The Morgan fingerprint density at radius 1 is 1.04 bits per heavy atom. The number of amides is 3. The zero-order valence-corrected chi connectivity index (χ0v) is 28.6. The van der Waals surface area contributed by atoms with Crippen LogP contribution in [0, 0.1) is 17.8 Å². The Bertz CT molecular complexity index is 1910. The Morgan fingerprint density at radius 2 is 1.82 bits per heavy atom. The number of carbonyl (C=O) groups excluding carboxylic acids is 3. The summed E-state index contributed by atoms with van der Waals surface area (Å²) in [5, 5.41) is 3.14. The lowest BCUT2D eigenvalue weighted by Gasteiger charge is -2.26. The fourth-order valence-corrected chi connectivity index (χ4v) is 8.59. The SMILES string of the molecule is COc1ccc2c(O[C@@H]3C[C@H]4C(=O)N[C@]5(C(=O)NS(=O)(=O)C6CC6)C[C@H]5/C=C\CCCCN(C)C(=O)[C@@H]4C3)cc(-c3ccccc3)nc2c1. The lowest BCUT2D eigenvalue weighted by atomic mass is 9.93. The summed E-state index contributed by atoms with van der Waals surface area (Å²) in [4.78, 5) is 48.3. The number of carbonyl (C=O) groups is 3. The van der Waals surface area contributed by atoms with Gasteiger partial charge in [0.2, 0.25) is 21.8 Å². The van der Waals surface area contributed by atoms with Gasteiger partial charge in [-0.3, -0.25) is 19.1 Å². The van der Waals surface area contributed by atoms with Gasteiger partial charge in [0.15, 0.2) is 0 Å². The molecule has 3 saturated carbocycles. The number of hydrogen-bond donors (Lipinski definition) is 2. The second-order valence-corrected chi connectivity index (χ2v) is 15.8. The van der Waals surface area contributed by atoms with Crippen molar-refractivity contribution < 1.29 is 32.3 Å². The molecule has 2 heterocycles. The minimum atomic E-state index is -3.82. The molecule has 7 rings (SSSR count). The maximum atomic E-state index is 14.2. The van der Waals surface area contributed by atoms with E-state index in [1.807, 2.05) is 66.7 Å². The Kier molecular flexibility index (Phi) is 8.85. The molecule has 1 aromatic heterocycles. The number of rotatable bonds is 7. The summed E-state index contributed by atoms with van der Waals surface area (Å²) < 4.78 is 39.9. The van der Waals surface area contributed by atoms with E-state index in [9.17, 15) is 22.8 Å². The highest BCUT2D eigenvalue weighted by atomic mass is 32.2. The first-order valence-electron chi connectivity index (χ1n) is 17.1. The number of methoxy groups -OCH3 is 1. The third kappa shape index (κ3) is 6.75. The highest BCUT2D eigenvalue weighted by molar-refractivity contribution is 7.91. The van der Waals surface area contributed by atoms with E-state index in [0.717, 1.165) is 30.2 Å². The molecule has 1 aliphatic heterocycles. The Hall–Kier alpha value is -4.45. The van der Waals surface area contributed by atoms with E-state index in [-0.39, 0.29) is 18.2 Å². The minimum absolute atomic E-state index is 0.143. The van der Waals surface area contributed by atoms with E-state index in [2.05, 4.69) is 10.0 Å². The summed E-state index contributed by atoms with van der Waals surface area (Å²) in [5.41, 5.74) is 0.919. The highest BCUT2D eigenvalue weighted by Gasteiger charge is 2.62. The van der Waals surface area contributed by atoms with Gasteiger partial charge in [0.1, 0.15) is 23.1 Å². The van der Waals surface area contributed by atoms with Crippen LogP contribution in [0.3, 0.4) is 0 Å². The first kappa shape index (κ1) is 33.1. The molecule has 0 saturated heterocycles. The summed E-state index contributed by atoms with van der Waals surface area (Å²) >= 11 is 0. The van der Waals surface area contributed by atoms with E-state index in [1.54, 1.807) is 19.1 Å². The number of ether oxygens (including phenoxy) is 2. The zero-order chi connectivity index (χ0) is 34.3. The average molecular weight is 687 g/mol. The van der Waals surface area contributed by atoms with Gasteiger partial charge in [-0.2, -0.15) is 0 Å². The molecular formula is C37H42N4O7S. The molecule has 12 heteroatoms. The van der Waals surface area contributed by atoms with Gasteiger partial charge >= 0.3 is 0 Å². The number of hydrogen-bond acceptors (Lipinski definition) is 8. The fraction of sp³-hybridized carbons (Fsp3) is 0.459. The van der Waals surface area contributed by atoms with Gasteiger partial charge in [0.25, 0.3) is 5.91 Å². The molecule has 49 heavy (non-hydrogen) atoms. The molecule has 3 amide bonds. The van der Waals surface area contributed by atoms with Crippen LogP contribution in [0.5, 0.6) is 11.5 Å². The maximum Gasteiger partial charge on any atom is 0.259 e. The normalized spacial score (nSPS) is 28.1. The summed E-state index contributed by atoms with van der Waals surface area (Å²) in [6.07, 6.45) is 7.68. The van der Waals surface area contributed by atoms with Crippen LogP contribution in [-0.4, -0.2) is 73.6 Å². The molecule has 4 aliphatic rings. The van der Waals surface area contributed by atoms with E-state index < -0.39 is 50.6 Å². The van der Waals surface area contributed by atoms with Crippen molar-refractivity contribution in [3.63, 3.8) is 0 Å². The van der Waals surface area contributed by atoms with Crippen LogP contribution in [0.1, 0.15) is 51.4 Å². The lowest BCUT2D eigenvalue weighted by molar-refractivity contribution is -0.140. The van der Waals surface area contributed by atoms with Crippen molar-refractivity contribution in [1.82, 2.24) is 19.9 Å². The molecule has 0 radical (unpaired) electrons. The largest absolute Gasteiger partial charge is 0.497 e. The van der Waals surface area contributed by atoms with Gasteiger partial charge in [-0.1, -0.05) is 42.5 Å². The first-order valence-corrected chi connectivity index (χ1v) is 18.6. The van der Waals surface area contributed by atoms with E-state index in [1.165, 1.54) is 0 Å². The Balaban J connectivity index is 1.19. The van der Waals surface area contributed by atoms with Crippen molar-refractivity contribution in [2.75, 3.05) is 20.7 Å². The van der Waals surface area contributed by atoms with Crippen molar-refractivity contribution in [3.05, 3.63) is 66.7 Å². The number of pyridine rings is 1. The van der Waals surface area contributed by atoms with Gasteiger partial charge in [0.05, 0.1) is 35.4 Å². The van der Waals surface area contributed by atoms with Crippen molar-refractivity contribution >= 4 is 38.6 Å². The number of nitrogens with zero attached hydrogens (tertiary/aromatic N) is 2. The molecule has 5 atom stereocenters. The van der Waals surface area contributed by atoms with Gasteiger partial charge < -0.3 is 19.7 Å². The van der Waals surface area contributed by atoms with Crippen molar-refractivity contribution in [1.29, 1.82) is 0 Å². The molecule has 0 unspecified atom stereocenters. The predicted molar refractivity (Wildman–Crippen MR) is 184 cm³/mol. The molecule has 2 aromatic carbocycles. The van der Waals surface area contributed by atoms with Gasteiger partial charge in [-0.05, 0) is 63.5 Å². The quantitative estimate of drug-likeness (QED) is 0.349. The number of benzene rings is 2. The number of nitrogens with one attached hydrogen (secondary N) is 2. The third-order valence-corrected chi connectivity index (χ3v) is 12.2. The van der Waals surface area contributed by atoms with Crippen LogP contribution in [0.25, 0.3) is 22.2 Å². The maximum absolute atomic E-state index is 14.2. The summed E-state index contributed by atoms with van der Waals surface area (Å²) in [7, 11) is -0.457. The fourth-order valence-electron chi connectivity index (χ4n) is 7.23. The summed E-state index contributed by atoms with van der Waals surface area (Å²) in [6, 6.07) is 17.2. The zero-order valence-electron chi connectivity index (χ0n) is 27.8. The molecule has 258 valence electrons. The summed E-state index contributed by atoms with van der Waals surface area (Å²) in [5.74, 6) is -1.86. The molecule has 3 aromatic rings. The molecule has 2 N–H and O–H groups in total. The van der Waals surface area contributed by atoms with Crippen molar-refractivity contribution in [2.24, 2.45) is 17.8 Å². The van der Waals surface area contributed by atoms with E-state index in [4.69, 9.17) is 14.5 Å². The van der Waals surface area contributed by atoms with Crippen LogP contribution in [0.2, 0.25) is 0 Å². The molecule has 3 fully saturated rings. The second kappa shape index (κ2) is 13.1. The standard InChI is InChI=1S/C37H42N4O7S/c1-41-17-9-4-3-8-12-24-22-37(24,36(44)40-49(45,46)27-14-15-27)39-34(42)29-18-26(19-30(29)35(41)43)48-33-21-31(23-10-6-5-7-11-23)38-32-20-25(47-2)13-16-28(32)33/h5-8,10-13,16,20-21,24,26-27,29-30H,3-4,9,14-15,17-19,22H2,1-2H3,(H,39,42)(H,40,44)/b12-8-/t24-,26-,29-,30-,37-/m1/s1. The van der Waals surface area contributed by atoms with Crippen LogP contribution < -0.4 is 19.5 Å². The topological polar surface area (TPSA) is 144 Å². The second-order valence-electron chi connectivity index (χ2n) is 13.8. The van der Waals surface area contributed by atoms with Crippen LogP contribution >= 0.6 is 0 Å². The minimum Gasteiger partial charge on any atom is -0.497 e. The third-order valence-electron chi connectivity index (χ3n) is 10.3. The first-order chi connectivity index (χ1) is 23.6. The molecule has 3 aliphatic carbocycles. The van der Waals surface area contributed by atoms with Crippen molar-refractivity contribution in [2.45, 2.75) is 68.3 Å². The summed E-state index contributed by atoms with van der Waals surface area (Å²) in [6.45, 7) is 0.565. The van der Waals surface area contributed by atoms with E-state index >= 15 is 0 Å². The smallest absolute Gasteiger partial charge is 0.259 e. The van der Waals surface area contributed by atoms with Gasteiger partial charge in [-0.25, -0.2) is 13.4 Å². The average Bonchev–Trinajstić information content (AvgIpc) is 4.02. The molecule has 0 spiro atoms. The van der Waals surface area contributed by atoms with Crippen molar-refractivity contribution in [3.8, 4) is 22.8 Å². The molecular weight excluding hydrogens is 644 g/mol.